The van der Waals surface area contributed by atoms with E-state index in [0.29, 0.717) is 16.2 Å². The molecule has 0 atom stereocenters. The summed E-state index contributed by atoms with van der Waals surface area (Å²) < 4.78 is 0. The van der Waals surface area contributed by atoms with Gasteiger partial charge >= 0.3 is 0 Å². The molecule has 1 aliphatic rings. The van der Waals surface area contributed by atoms with E-state index in [4.69, 9.17) is 16.6 Å². The van der Waals surface area contributed by atoms with Gasteiger partial charge in [-0.15, -0.1) is 11.8 Å². The minimum absolute atomic E-state index is 0.222. The van der Waals surface area contributed by atoms with Crippen molar-refractivity contribution in [2.24, 2.45) is 11.7 Å². The van der Waals surface area contributed by atoms with Gasteiger partial charge in [-0.2, -0.15) is 0 Å². The Bertz CT molecular complexity index is 211. The number of thioether (sulfide) groups is 2. The van der Waals surface area contributed by atoms with Crippen LogP contribution in [-0.2, 0) is 0 Å². The second-order valence-corrected chi connectivity index (χ2v) is 5.89. The number of hydrogen-bond acceptors (Lipinski definition) is 4. The molecule has 0 spiro atoms. The molecular weight excluding hydrogens is 202 g/mol. The van der Waals surface area contributed by atoms with Gasteiger partial charge in [0.15, 0.2) is 5.17 Å². The fraction of sp³-hybridized carbons (Fsp3) is 0.750. The van der Waals surface area contributed by atoms with Crippen molar-refractivity contribution in [2.75, 3.05) is 5.75 Å². The van der Waals surface area contributed by atoms with Crippen LogP contribution in [0, 0.1) is 16.7 Å². The van der Waals surface area contributed by atoms with Gasteiger partial charge in [-0.1, -0.05) is 11.8 Å². The molecule has 1 saturated carbocycles. The Kier molecular flexibility index (Phi) is 4.12. The zero-order chi connectivity index (χ0) is 9.84. The van der Waals surface area contributed by atoms with E-state index in [9.17, 15) is 0 Å². The van der Waals surface area contributed by atoms with Crippen LogP contribution in [0.4, 0.5) is 0 Å². The lowest BCUT2D eigenvalue weighted by atomic mass is 9.86. The number of nitrogens with two attached hydrogens (primary N) is 1. The molecule has 0 aromatic rings. The third-order valence-electron chi connectivity index (χ3n) is 2.01. The van der Waals surface area contributed by atoms with Crippen molar-refractivity contribution in [3.63, 3.8) is 0 Å². The van der Waals surface area contributed by atoms with E-state index in [1.807, 2.05) is 6.92 Å². The van der Waals surface area contributed by atoms with Gasteiger partial charge in [-0.05, 0) is 25.7 Å². The van der Waals surface area contributed by atoms with E-state index in [0.717, 1.165) is 5.75 Å². The molecule has 0 amide bonds. The fourth-order valence-corrected chi connectivity index (χ4v) is 3.29. The molecule has 0 bridgehead atoms. The molecule has 0 aliphatic heterocycles. The highest BCUT2D eigenvalue weighted by atomic mass is 32.2. The largest absolute Gasteiger partial charge is 0.379 e. The quantitative estimate of drug-likeness (QED) is 0.501. The summed E-state index contributed by atoms with van der Waals surface area (Å²) in [7, 11) is 0. The Morgan fingerprint density at radius 3 is 2.54 bits per heavy atom. The first-order valence-corrected chi connectivity index (χ1v) is 6.13. The molecular formula is C8H15N3S2. The van der Waals surface area contributed by atoms with Crippen LogP contribution in [0.3, 0.4) is 0 Å². The number of amidine groups is 1. The van der Waals surface area contributed by atoms with Gasteiger partial charge in [0, 0.05) is 11.0 Å². The van der Waals surface area contributed by atoms with Crippen LogP contribution in [0.15, 0.2) is 0 Å². The zero-order valence-corrected chi connectivity index (χ0v) is 9.30. The number of nitrogens with one attached hydrogen (secondary N) is 2. The third-order valence-corrected chi connectivity index (χ3v) is 4.03. The van der Waals surface area contributed by atoms with Gasteiger partial charge < -0.3 is 5.73 Å². The molecule has 1 aliphatic carbocycles. The Labute approximate surface area is 87.2 Å². The molecule has 5 heteroatoms. The van der Waals surface area contributed by atoms with Gasteiger partial charge in [-0.25, -0.2) is 0 Å². The maximum absolute atomic E-state index is 7.30. The molecule has 0 radical (unpaired) electrons. The Hall–Kier alpha value is -0.160. The molecule has 1 rings (SSSR count). The van der Waals surface area contributed by atoms with Gasteiger partial charge in [0.05, 0.1) is 5.04 Å². The fourth-order valence-electron chi connectivity index (χ4n) is 1.36. The summed E-state index contributed by atoms with van der Waals surface area (Å²) in [5.74, 6) is 1.69. The number of rotatable bonds is 3. The van der Waals surface area contributed by atoms with Crippen molar-refractivity contribution in [2.45, 2.75) is 25.0 Å². The summed E-state index contributed by atoms with van der Waals surface area (Å²) in [6.45, 7) is 1.84. The Balaban J connectivity index is 2.05. The van der Waals surface area contributed by atoms with Gasteiger partial charge in [0.2, 0.25) is 0 Å². The van der Waals surface area contributed by atoms with E-state index in [2.05, 4.69) is 0 Å². The first kappa shape index (κ1) is 10.9. The van der Waals surface area contributed by atoms with Crippen molar-refractivity contribution in [1.82, 2.24) is 0 Å². The zero-order valence-electron chi connectivity index (χ0n) is 7.67. The highest BCUT2D eigenvalue weighted by molar-refractivity contribution is 8.14. The molecule has 3 nitrogen and oxygen atoms in total. The monoisotopic (exact) mass is 217 g/mol. The van der Waals surface area contributed by atoms with Gasteiger partial charge in [0.1, 0.15) is 0 Å². The van der Waals surface area contributed by atoms with Crippen molar-refractivity contribution in [1.29, 1.82) is 10.8 Å². The van der Waals surface area contributed by atoms with E-state index >= 15 is 0 Å². The standard InChI is InChI=1S/C8H15N3S2/c1-5(9)13-7-2-6(3-7)4-12-8(10)11/h6-7,9H,2-4H2,1H3,(H3,10,11). The molecule has 0 aromatic carbocycles. The predicted octanol–water partition coefficient (Wildman–Crippen LogP) is 2.12. The molecule has 1 fully saturated rings. The Morgan fingerprint density at radius 2 is 2.08 bits per heavy atom. The van der Waals surface area contributed by atoms with Crippen molar-refractivity contribution < 1.29 is 0 Å². The van der Waals surface area contributed by atoms with Crippen molar-refractivity contribution in [3.8, 4) is 0 Å². The summed E-state index contributed by atoms with van der Waals surface area (Å²) in [6.07, 6.45) is 2.36. The lowest BCUT2D eigenvalue weighted by Crippen LogP contribution is -2.29. The minimum atomic E-state index is 0.222. The maximum Gasteiger partial charge on any atom is 0.151 e. The second kappa shape index (κ2) is 4.91. The second-order valence-electron chi connectivity index (χ2n) is 3.31. The van der Waals surface area contributed by atoms with Crippen LogP contribution in [-0.4, -0.2) is 21.2 Å². The van der Waals surface area contributed by atoms with Crippen LogP contribution in [0.5, 0.6) is 0 Å². The van der Waals surface area contributed by atoms with Crippen LogP contribution in [0.1, 0.15) is 19.8 Å². The summed E-state index contributed by atoms with van der Waals surface area (Å²) in [6, 6.07) is 0. The van der Waals surface area contributed by atoms with Crippen LogP contribution in [0.2, 0.25) is 0 Å². The topological polar surface area (TPSA) is 73.7 Å². The van der Waals surface area contributed by atoms with Crippen molar-refractivity contribution in [3.05, 3.63) is 0 Å². The predicted molar refractivity (Wildman–Crippen MR) is 61.9 cm³/mol. The molecule has 0 saturated heterocycles. The van der Waals surface area contributed by atoms with Crippen LogP contribution < -0.4 is 5.73 Å². The lowest BCUT2D eigenvalue weighted by Gasteiger charge is -2.34. The molecule has 0 aromatic heterocycles. The van der Waals surface area contributed by atoms with Crippen molar-refractivity contribution >= 4 is 33.7 Å². The van der Waals surface area contributed by atoms with Gasteiger partial charge in [-0.3, -0.25) is 10.8 Å². The summed E-state index contributed by atoms with van der Waals surface area (Å²) in [5, 5.41) is 15.9. The SMILES string of the molecule is CC(=N)SC1CC(CSC(=N)N)C1. The van der Waals surface area contributed by atoms with Crippen LogP contribution >= 0.6 is 23.5 Å². The molecule has 13 heavy (non-hydrogen) atoms. The van der Waals surface area contributed by atoms with Crippen LogP contribution in [0.25, 0.3) is 0 Å². The normalized spacial score (nSPS) is 26.5. The highest BCUT2D eigenvalue weighted by Crippen LogP contribution is 2.38. The Morgan fingerprint density at radius 1 is 1.46 bits per heavy atom. The first-order chi connectivity index (χ1) is 6.08. The van der Waals surface area contributed by atoms with Gasteiger partial charge in [0.25, 0.3) is 0 Å². The maximum atomic E-state index is 7.30. The average molecular weight is 217 g/mol. The summed E-state index contributed by atoms with van der Waals surface area (Å²) in [4.78, 5) is 0. The number of hydrogen-bond donors (Lipinski definition) is 3. The van der Waals surface area contributed by atoms with E-state index in [1.54, 1.807) is 11.8 Å². The third kappa shape index (κ3) is 4.04. The van der Waals surface area contributed by atoms with E-state index in [-0.39, 0.29) is 5.17 Å². The lowest BCUT2D eigenvalue weighted by molar-refractivity contribution is 0.369. The highest BCUT2D eigenvalue weighted by Gasteiger charge is 2.29. The molecule has 74 valence electrons. The minimum Gasteiger partial charge on any atom is -0.379 e. The van der Waals surface area contributed by atoms with E-state index < -0.39 is 0 Å². The summed E-state index contributed by atoms with van der Waals surface area (Å²) in [5.41, 5.74) is 5.24. The first-order valence-electron chi connectivity index (χ1n) is 4.26. The van der Waals surface area contributed by atoms with E-state index in [1.165, 1.54) is 24.6 Å². The molecule has 0 unspecified atom stereocenters. The molecule has 0 heterocycles. The average Bonchev–Trinajstić information content (AvgIpc) is 1.92. The summed E-state index contributed by atoms with van der Waals surface area (Å²) >= 11 is 3.10. The molecule has 4 N–H and O–H groups in total. The smallest absolute Gasteiger partial charge is 0.151 e.